The molecule has 1 amide bonds. The lowest BCUT2D eigenvalue weighted by molar-refractivity contribution is 0.102. The highest BCUT2D eigenvalue weighted by Crippen LogP contribution is 2.29. The summed E-state index contributed by atoms with van der Waals surface area (Å²) < 4.78 is 34.1. The second kappa shape index (κ2) is 8.86. The number of hydrogen-bond donors (Lipinski definition) is 2. The molecule has 0 heterocycles. The normalized spacial score (nSPS) is 11.0. The summed E-state index contributed by atoms with van der Waals surface area (Å²) in [6, 6.07) is 17.6. The number of methoxy groups -OCH3 is 1. The lowest BCUT2D eigenvalue weighted by Crippen LogP contribution is -2.16. The molecule has 3 aromatic rings. The van der Waals surface area contributed by atoms with Crippen molar-refractivity contribution in [1.29, 1.82) is 0 Å². The summed E-state index contributed by atoms with van der Waals surface area (Å²) in [5, 5.41) is 3.19. The minimum Gasteiger partial charge on any atom is -0.495 e. The molecule has 0 bridgehead atoms. The summed E-state index contributed by atoms with van der Waals surface area (Å²) in [6.07, 6.45) is 0. The largest absolute Gasteiger partial charge is 0.495 e. The van der Waals surface area contributed by atoms with Crippen LogP contribution >= 0.6 is 27.5 Å². The summed E-state index contributed by atoms with van der Waals surface area (Å²) >= 11 is 9.16. The number of halogens is 2. The number of rotatable bonds is 6. The first kappa shape index (κ1) is 21.2. The Hall–Kier alpha value is -2.55. The van der Waals surface area contributed by atoms with Gasteiger partial charge in [0.05, 0.1) is 12.7 Å². The summed E-state index contributed by atoms with van der Waals surface area (Å²) in [6.45, 7) is 0. The van der Waals surface area contributed by atoms with Gasteiger partial charge < -0.3 is 10.1 Å². The van der Waals surface area contributed by atoms with Crippen molar-refractivity contribution in [3.63, 3.8) is 0 Å². The predicted molar refractivity (Wildman–Crippen MR) is 117 cm³/mol. The first-order valence-electron chi connectivity index (χ1n) is 8.32. The van der Waals surface area contributed by atoms with E-state index in [2.05, 4.69) is 26.0 Å². The molecule has 0 aliphatic carbocycles. The van der Waals surface area contributed by atoms with Crippen LogP contribution in [0.1, 0.15) is 10.4 Å². The summed E-state index contributed by atoms with van der Waals surface area (Å²) in [5.74, 6) is -0.234. The quantitative estimate of drug-likeness (QED) is 0.494. The third-order valence-corrected chi connectivity index (χ3v) is 6.27. The van der Waals surface area contributed by atoms with E-state index in [1.54, 1.807) is 54.6 Å². The Bertz CT molecular complexity index is 1150. The van der Waals surface area contributed by atoms with Crippen LogP contribution in [0.3, 0.4) is 0 Å². The van der Waals surface area contributed by atoms with E-state index in [0.29, 0.717) is 26.4 Å². The van der Waals surface area contributed by atoms with Crippen LogP contribution in [0, 0.1) is 0 Å². The van der Waals surface area contributed by atoms with Gasteiger partial charge in [-0.1, -0.05) is 23.7 Å². The monoisotopic (exact) mass is 494 g/mol. The molecular weight excluding hydrogens is 480 g/mol. The topological polar surface area (TPSA) is 84.5 Å². The molecule has 0 aliphatic rings. The van der Waals surface area contributed by atoms with E-state index in [-0.39, 0.29) is 16.6 Å². The van der Waals surface area contributed by atoms with Gasteiger partial charge in [0.2, 0.25) is 0 Å². The number of carbonyl (C=O) groups is 1. The van der Waals surface area contributed by atoms with Crippen LogP contribution in [0.5, 0.6) is 5.75 Å². The molecule has 0 aliphatic heterocycles. The van der Waals surface area contributed by atoms with E-state index in [4.69, 9.17) is 16.3 Å². The van der Waals surface area contributed by atoms with Gasteiger partial charge in [0.25, 0.3) is 15.9 Å². The highest BCUT2D eigenvalue weighted by Gasteiger charge is 2.21. The molecule has 0 radical (unpaired) electrons. The molecule has 0 fully saturated rings. The number of amides is 1. The number of carbonyl (C=O) groups excluding carboxylic acids is 1. The van der Waals surface area contributed by atoms with Gasteiger partial charge in [-0.25, -0.2) is 8.42 Å². The molecule has 29 heavy (non-hydrogen) atoms. The molecule has 0 unspecified atom stereocenters. The number of hydrogen-bond acceptors (Lipinski definition) is 4. The third-order valence-electron chi connectivity index (χ3n) is 3.93. The fraction of sp³-hybridized carbons (Fsp3) is 0.0500. The molecular formula is C20H16BrClN2O4S. The van der Waals surface area contributed by atoms with Crippen molar-refractivity contribution in [1.82, 2.24) is 0 Å². The van der Waals surface area contributed by atoms with Crippen molar-refractivity contribution in [3.05, 3.63) is 81.8 Å². The molecule has 0 saturated carbocycles. The van der Waals surface area contributed by atoms with Crippen molar-refractivity contribution in [2.24, 2.45) is 0 Å². The van der Waals surface area contributed by atoms with Gasteiger partial charge in [-0.3, -0.25) is 9.52 Å². The fourth-order valence-electron chi connectivity index (χ4n) is 2.54. The highest BCUT2D eigenvalue weighted by atomic mass is 79.9. The molecule has 3 rings (SSSR count). The van der Waals surface area contributed by atoms with Crippen LogP contribution < -0.4 is 14.8 Å². The van der Waals surface area contributed by atoms with Crippen LogP contribution in [0.2, 0.25) is 5.02 Å². The second-order valence-electron chi connectivity index (χ2n) is 5.91. The van der Waals surface area contributed by atoms with E-state index < -0.39 is 10.0 Å². The van der Waals surface area contributed by atoms with Crippen molar-refractivity contribution < 1.29 is 17.9 Å². The van der Waals surface area contributed by atoms with Crippen molar-refractivity contribution in [3.8, 4) is 5.75 Å². The first-order chi connectivity index (χ1) is 13.8. The number of sulfonamides is 1. The van der Waals surface area contributed by atoms with Crippen LogP contribution in [0.25, 0.3) is 0 Å². The Morgan fingerprint density at radius 2 is 1.66 bits per heavy atom. The molecule has 6 nitrogen and oxygen atoms in total. The third kappa shape index (κ3) is 5.09. The maximum atomic E-state index is 12.9. The molecule has 0 spiro atoms. The molecule has 0 aromatic heterocycles. The van der Waals surface area contributed by atoms with Crippen LogP contribution in [0.4, 0.5) is 11.4 Å². The summed E-state index contributed by atoms with van der Waals surface area (Å²) in [7, 11) is -2.61. The van der Waals surface area contributed by atoms with E-state index in [0.717, 1.165) is 0 Å². The summed E-state index contributed by atoms with van der Waals surface area (Å²) in [5.41, 5.74) is 1.08. The molecule has 0 saturated heterocycles. The minimum atomic E-state index is -3.98. The lowest BCUT2D eigenvalue weighted by atomic mass is 10.2. The van der Waals surface area contributed by atoms with E-state index in [1.807, 2.05) is 0 Å². The van der Waals surface area contributed by atoms with E-state index >= 15 is 0 Å². The minimum absolute atomic E-state index is 0.111. The van der Waals surface area contributed by atoms with Gasteiger partial charge >= 0.3 is 0 Å². The zero-order chi connectivity index (χ0) is 21.0. The maximum Gasteiger partial charge on any atom is 0.265 e. The van der Waals surface area contributed by atoms with Crippen LogP contribution in [-0.4, -0.2) is 21.4 Å². The first-order valence-corrected chi connectivity index (χ1v) is 11.0. The number of nitrogens with one attached hydrogen (secondary N) is 2. The molecule has 150 valence electrons. The van der Waals surface area contributed by atoms with E-state index in [9.17, 15) is 13.2 Å². The molecule has 2 N–H and O–H groups in total. The average molecular weight is 496 g/mol. The Kier molecular flexibility index (Phi) is 6.46. The van der Waals surface area contributed by atoms with Gasteiger partial charge in [0, 0.05) is 20.9 Å². The van der Waals surface area contributed by atoms with Gasteiger partial charge in [-0.15, -0.1) is 0 Å². The Morgan fingerprint density at radius 1 is 1.00 bits per heavy atom. The van der Waals surface area contributed by atoms with Gasteiger partial charge in [-0.05, 0) is 70.5 Å². The Labute approximate surface area is 182 Å². The zero-order valence-corrected chi connectivity index (χ0v) is 18.3. The standard InChI is InChI=1S/C20H16BrClN2O4S/c1-28-18-11-10-15(23-20(25)16-4-2-3-5-17(16)21)12-19(18)29(26,27)24-14-8-6-13(22)7-9-14/h2-12,24H,1H3,(H,23,25). The number of benzene rings is 3. The van der Waals surface area contributed by atoms with Crippen LogP contribution in [-0.2, 0) is 10.0 Å². The number of ether oxygens (including phenoxy) is 1. The Balaban J connectivity index is 1.91. The van der Waals surface area contributed by atoms with E-state index in [1.165, 1.54) is 19.2 Å². The highest BCUT2D eigenvalue weighted by molar-refractivity contribution is 9.10. The Morgan fingerprint density at radius 3 is 2.31 bits per heavy atom. The second-order valence-corrected chi connectivity index (χ2v) is 8.85. The molecule has 9 heteroatoms. The fourth-order valence-corrected chi connectivity index (χ4v) is 4.38. The SMILES string of the molecule is COc1ccc(NC(=O)c2ccccc2Br)cc1S(=O)(=O)Nc1ccc(Cl)cc1. The molecule has 0 atom stereocenters. The van der Waals surface area contributed by atoms with Crippen LogP contribution in [0.15, 0.2) is 76.1 Å². The summed E-state index contributed by atoms with van der Waals surface area (Å²) in [4.78, 5) is 12.4. The average Bonchev–Trinajstić information content (AvgIpc) is 2.70. The molecule has 3 aromatic carbocycles. The van der Waals surface area contributed by atoms with Crippen molar-refractivity contribution in [2.75, 3.05) is 17.1 Å². The maximum absolute atomic E-state index is 12.9. The van der Waals surface area contributed by atoms with Crippen molar-refractivity contribution >= 4 is 54.8 Å². The van der Waals surface area contributed by atoms with Gasteiger partial charge in [0.15, 0.2) is 0 Å². The zero-order valence-electron chi connectivity index (χ0n) is 15.1. The van der Waals surface area contributed by atoms with Gasteiger partial charge in [-0.2, -0.15) is 0 Å². The predicted octanol–water partition coefficient (Wildman–Crippen LogP) is 5.16. The smallest absolute Gasteiger partial charge is 0.265 e. The van der Waals surface area contributed by atoms with Crippen molar-refractivity contribution in [2.45, 2.75) is 4.90 Å². The lowest BCUT2D eigenvalue weighted by Gasteiger charge is -2.14. The van der Waals surface area contributed by atoms with Gasteiger partial charge in [0.1, 0.15) is 10.6 Å². The number of anilines is 2.